The third-order valence-electron chi connectivity index (χ3n) is 4.54. The fraction of sp³-hybridized carbons (Fsp3) is 0.208. The van der Waals surface area contributed by atoms with Crippen LogP contribution in [0.25, 0.3) is 17.3 Å². The Bertz CT molecular complexity index is 1330. The Morgan fingerprint density at radius 3 is 2.33 bits per heavy atom. The van der Waals surface area contributed by atoms with Crippen LogP contribution in [0.2, 0.25) is 0 Å². The van der Waals surface area contributed by atoms with E-state index in [0.29, 0.717) is 5.69 Å². The van der Waals surface area contributed by atoms with Gasteiger partial charge in [0, 0.05) is 11.0 Å². The number of aromatic nitrogens is 1. The third kappa shape index (κ3) is 4.17. The Hall–Kier alpha value is -3.30. The smallest absolute Gasteiger partial charge is 0.273 e. The van der Waals surface area contributed by atoms with E-state index >= 15 is 0 Å². The monoisotopic (exact) mass is 420 g/mol. The molecule has 0 spiro atoms. The molecule has 0 aliphatic carbocycles. The van der Waals surface area contributed by atoms with Crippen molar-refractivity contribution in [1.29, 1.82) is 5.26 Å². The summed E-state index contributed by atoms with van der Waals surface area (Å²) in [7, 11) is 0. The molecule has 0 radical (unpaired) electrons. The minimum Gasteiger partial charge on any atom is -0.293 e. The number of Topliss-reactive ketones (excluding diaryl/α,β-unsaturated/α-hetero) is 1. The number of ketones is 1. The topological polar surface area (TPSA) is 62.9 Å². The summed E-state index contributed by atoms with van der Waals surface area (Å²) in [5, 5.41) is 9.78. The first-order valence-electron chi connectivity index (χ1n) is 9.38. The van der Waals surface area contributed by atoms with E-state index in [0.717, 1.165) is 16.9 Å². The number of benzene rings is 2. The van der Waals surface area contributed by atoms with Crippen molar-refractivity contribution in [3.8, 4) is 11.8 Å². The molecule has 0 aliphatic rings. The molecule has 0 atom stereocenters. The van der Waals surface area contributed by atoms with E-state index in [1.54, 1.807) is 51.1 Å². The lowest BCUT2D eigenvalue weighted by atomic mass is 9.87. The molecule has 2 aromatic carbocycles. The number of hydrogen-bond donors (Lipinski definition) is 0. The molecule has 1 aromatic heterocycles. The Kier molecular flexibility index (Phi) is 5.86. The molecule has 6 heteroatoms. The highest BCUT2D eigenvalue weighted by Gasteiger charge is 2.27. The molecule has 4 nitrogen and oxygen atoms in total. The first-order valence-corrected chi connectivity index (χ1v) is 10.2. The number of aryl methyl sites for hydroxylation is 1. The van der Waals surface area contributed by atoms with E-state index < -0.39 is 16.8 Å². The van der Waals surface area contributed by atoms with Crippen LogP contribution in [-0.4, -0.2) is 10.4 Å². The summed E-state index contributed by atoms with van der Waals surface area (Å²) in [6, 6.07) is 15.3. The van der Waals surface area contributed by atoms with Crippen molar-refractivity contribution in [2.45, 2.75) is 27.7 Å². The highest BCUT2D eigenvalue weighted by Crippen LogP contribution is 2.20. The summed E-state index contributed by atoms with van der Waals surface area (Å²) in [6.45, 7) is 7.09. The van der Waals surface area contributed by atoms with Crippen molar-refractivity contribution in [2.75, 3.05) is 0 Å². The Morgan fingerprint density at radius 2 is 1.77 bits per heavy atom. The van der Waals surface area contributed by atoms with Crippen LogP contribution in [0.5, 0.6) is 0 Å². The Balaban J connectivity index is 2.45. The quantitative estimate of drug-likeness (QED) is 0.652. The third-order valence-corrected chi connectivity index (χ3v) is 5.63. The normalized spacial score (nSPS) is 13.1. The van der Waals surface area contributed by atoms with Gasteiger partial charge >= 0.3 is 0 Å². The van der Waals surface area contributed by atoms with Gasteiger partial charge in [-0.25, -0.2) is 4.39 Å². The second-order valence-electron chi connectivity index (χ2n) is 7.98. The van der Waals surface area contributed by atoms with Gasteiger partial charge in [0.25, 0.3) is 5.56 Å². The molecule has 0 bridgehead atoms. The summed E-state index contributed by atoms with van der Waals surface area (Å²) in [6.07, 6.45) is 1.45. The van der Waals surface area contributed by atoms with Crippen LogP contribution < -0.4 is 14.8 Å². The lowest BCUT2D eigenvalue weighted by Crippen LogP contribution is -2.33. The molecule has 0 saturated carbocycles. The van der Waals surface area contributed by atoms with E-state index in [4.69, 9.17) is 0 Å². The standard InChI is InChI=1S/C24H21FN2O2S/c1-15-9-11-17(12-10-15)27-22(29)20(13-16-7-5-6-8-19(16)25)30-23(27)18(14-26)21(28)24(2,3)4/h5-13H,1-4H3/b20-13+,23-18-. The van der Waals surface area contributed by atoms with E-state index in [2.05, 4.69) is 0 Å². The molecule has 0 aliphatic heterocycles. The van der Waals surface area contributed by atoms with Gasteiger partial charge < -0.3 is 0 Å². The van der Waals surface area contributed by atoms with Crippen LogP contribution in [-0.2, 0) is 4.79 Å². The molecule has 0 saturated heterocycles. The van der Waals surface area contributed by atoms with Crippen molar-refractivity contribution in [2.24, 2.45) is 5.41 Å². The van der Waals surface area contributed by atoms with Crippen LogP contribution in [0.1, 0.15) is 31.9 Å². The van der Waals surface area contributed by atoms with E-state index in [1.807, 2.05) is 25.1 Å². The van der Waals surface area contributed by atoms with Crippen molar-refractivity contribution >= 4 is 28.8 Å². The second-order valence-corrected chi connectivity index (χ2v) is 9.01. The van der Waals surface area contributed by atoms with Crippen molar-refractivity contribution in [1.82, 2.24) is 4.57 Å². The largest absolute Gasteiger partial charge is 0.293 e. The van der Waals surface area contributed by atoms with Crippen LogP contribution in [0.4, 0.5) is 4.39 Å². The molecule has 152 valence electrons. The molecule has 1 heterocycles. The number of nitrogens with zero attached hydrogens (tertiary/aromatic N) is 2. The number of carbonyl (C=O) groups is 1. The zero-order valence-electron chi connectivity index (χ0n) is 17.2. The maximum Gasteiger partial charge on any atom is 0.273 e. The van der Waals surface area contributed by atoms with Gasteiger partial charge in [0.15, 0.2) is 5.78 Å². The summed E-state index contributed by atoms with van der Waals surface area (Å²) in [5.41, 5.74) is 0.532. The maximum absolute atomic E-state index is 14.1. The number of thiazole rings is 1. The highest BCUT2D eigenvalue weighted by atomic mass is 32.1. The van der Waals surface area contributed by atoms with Gasteiger partial charge in [-0.05, 0) is 31.2 Å². The summed E-state index contributed by atoms with van der Waals surface area (Å²) >= 11 is 1.01. The Morgan fingerprint density at radius 1 is 1.13 bits per heavy atom. The molecule has 3 rings (SSSR count). The van der Waals surface area contributed by atoms with Gasteiger partial charge in [-0.3, -0.25) is 14.2 Å². The van der Waals surface area contributed by atoms with Crippen molar-refractivity contribution in [3.63, 3.8) is 0 Å². The lowest BCUT2D eigenvalue weighted by Gasteiger charge is -2.15. The highest BCUT2D eigenvalue weighted by molar-refractivity contribution is 7.07. The number of halogens is 1. The second kappa shape index (κ2) is 8.21. The zero-order chi connectivity index (χ0) is 22.1. The fourth-order valence-electron chi connectivity index (χ4n) is 2.88. The summed E-state index contributed by atoms with van der Waals surface area (Å²) in [5.74, 6) is -0.812. The summed E-state index contributed by atoms with van der Waals surface area (Å²) in [4.78, 5) is 26.2. The summed E-state index contributed by atoms with van der Waals surface area (Å²) < 4.78 is 16.0. The van der Waals surface area contributed by atoms with E-state index in [1.165, 1.54) is 16.7 Å². The van der Waals surface area contributed by atoms with Gasteiger partial charge in [-0.15, -0.1) is 11.3 Å². The SMILES string of the molecule is Cc1ccc(-n2c(=O)/c(=C\c3ccccc3F)s/c2=C(/C#N)C(=O)C(C)(C)C)cc1. The molecular formula is C24H21FN2O2S. The number of hydrogen-bond acceptors (Lipinski definition) is 4. The maximum atomic E-state index is 14.1. The van der Waals surface area contributed by atoms with Gasteiger partial charge in [0.1, 0.15) is 22.1 Å². The molecule has 0 N–H and O–H groups in total. The van der Waals surface area contributed by atoms with Crippen LogP contribution in [0, 0.1) is 29.5 Å². The minimum atomic E-state index is -0.793. The molecule has 30 heavy (non-hydrogen) atoms. The Labute approximate surface area is 177 Å². The van der Waals surface area contributed by atoms with Gasteiger partial charge in [0.05, 0.1) is 10.2 Å². The lowest BCUT2D eigenvalue weighted by molar-refractivity contribution is -0.120. The van der Waals surface area contributed by atoms with Crippen molar-refractivity contribution < 1.29 is 9.18 Å². The van der Waals surface area contributed by atoms with Crippen LogP contribution >= 0.6 is 11.3 Å². The van der Waals surface area contributed by atoms with Gasteiger partial charge in [-0.1, -0.05) is 56.7 Å². The van der Waals surface area contributed by atoms with Gasteiger partial charge in [0.2, 0.25) is 0 Å². The molecule has 0 unspecified atom stereocenters. The molecular weight excluding hydrogens is 399 g/mol. The predicted molar refractivity (Wildman–Crippen MR) is 117 cm³/mol. The molecule has 3 aromatic rings. The minimum absolute atomic E-state index is 0.0849. The fourth-order valence-corrected chi connectivity index (χ4v) is 3.98. The average Bonchev–Trinajstić information content (AvgIpc) is 3.00. The first-order chi connectivity index (χ1) is 14.1. The van der Waals surface area contributed by atoms with Crippen LogP contribution in [0.3, 0.4) is 0 Å². The average molecular weight is 421 g/mol. The van der Waals surface area contributed by atoms with E-state index in [9.17, 15) is 19.2 Å². The number of rotatable bonds is 3. The number of carbonyl (C=O) groups excluding carboxylic acids is 1. The number of nitriles is 1. The van der Waals surface area contributed by atoms with Gasteiger partial charge in [-0.2, -0.15) is 5.26 Å². The predicted octanol–water partition coefficient (Wildman–Crippen LogP) is 3.46. The zero-order valence-corrected chi connectivity index (χ0v) is 18.0. The van der Waals surface area contributed by atoms with E-state index in [-0.39, 0.29) is 26.1 Å². The van der Waals surface area contributed by atoms with Crippen LogP contribution in [0.15, 0.2) is 53.3 Å². The molecule has 0 amide bonds. The first kappa shape index (κ1) is 21.4. The van der Waals surface area contributed by atoms with Crippen molar-refractivity contribution in [3.05, 3.63) is 85.0 Å². The molecule has 0 fully saturated rings.